The van der Waals surface area contributed by atoms with Crippen molar-refractivity contribution < 1.29 is 4.79 Å². The molecule has 2 aromatic carbocycles. The molecule has 0 bridgehead atoms. The van der Waals surface area contributed by atoms with Gasteiger partial charge in [0, 0.05) is 32.3 Å². The second kappa shape index (κ2) is 8.56. The number of nitrogens with zero attached hydrogens (tertiary/aromatic N) is 6. The standard InChI is InChI=1S/C21H16N6O/c1-14-10-17(12-15-2-6-19(7-3-15)24-26-22)21(28)18(11-14)13-16-4-8-20(9-5-16)25-27-23/h2-9,12-13H,1,10-11H2. The highest BCUT2D eigenvalue weighted by Crippen LogP contribution is 2.31. The number of benzene rings is 2. The van der Waals surface area contributed by atoms with Crippen molar-refractivity contribution in [2.45, 2.75) is 12.8 Å². The minimum absolute atomic E-state index is 0.00866. The zero-order valence-corrected chi connectivity index (χ0v) is 15.0. The SMILES string of the molecule is C=C1CC(=Cc2ccc(N=[N+]=[N-])cc2)C(=O)C(=Cc2ccc(N=[N+]=[N-])cc2)C1. The van der Waals surface area contributed by atoms with Gasteiger partial charge in [-0.3, -0.25) is 4.79 Å². The van der Waals surface area contributed by atoms with E-state index in [0.29, 0.717) is 35.4 Å². The third-order valence-electron chi connectivity index (χ3n) is 4.25. The van der Waals surface area contributed by atoms with Crippen molar-refractivity contribution >= 4 is 29.3 Å². The zero-order valence-electron chi connectivity index (χ0n) is 15.0. The summed E-state index contributed by atoms with van der Waals surface area (Å²) >= 11 is 0. The summed E-state index contributed by atoms with van der Waals surface area (Å²) in [6.07, 6.45) is 4.74. The molecule has 0 heterocycles. The molecule has 0 spiro atoms. The minimum Gasteiger partial charge on any atom is -0.289 e. The van der Waals surface area contributed by atoms with Crippen molar-refractivity contribution in [1.82, 2.24) is 0 Å². The average molecular weight is 368 g/mol. The fraction of sp³-hybridized carbons (Fsp3) is 0.0952. The number of Topliss-reactive ketones (excluding diaryl/α,β-unsaturated/α-hetero) is 1. The molecular weight excluding hydrogens is 352 g/mol. The first-order valence-corrected chi connectivity index (χ1v) is 8.52. The van der Waals surface area contributed by atoms with Crippen molar-refractivity contribution in [3.8, 4) is 0 Å². The van der Waals surface area contributed by atoms with E-state index in [1.54, 1.807) is 48.5 Å². The smallest absolute Gasteiger partial charge is 0.185 e. The lowest BCUT2D eigenvalue weighted by molar-refractivity contribution is -0.112. The van der Waals surface area contributed by atoms with E-state index in [1.165, 1.54) is 0 Å². The fourth-order valence-electron chi connectivity index (χ4n) is 2.98. The molecule has 2 aromatic rings. The first kappa shape index (κ1) is 18.7. The van der Waals surface area contributed by atoms with Gasteiger partial charge in [-0.05, 0) is 47.2 Å². The maximum Gasteiger partial charge on any atom is 0.185 e. The lowest BCUT2D eigenvalue weighted by Gasteiger charge is -2.19. The van der Waals surface area contributed by atoms with Crippen LogP contribution in [0.4, 0.5) is 11.4 Å². The molecule has 0 aromatic heterocycles. The summed E-state index contributed by atoms with van der Waals surface area (Å²) in [7, 11) is 0. The van der Waals surface area contributed by atoms with Crippen LogP contribution in [0.2, 0.25) is 0 Å². The van der Waals surface area contributed by atoms with Crippen LogP contribution in [0.25, 0.3) is 33.0 Å². The summed E-state index contributed by atoms with van der Waals surface area (Å²) in [6.45, 7) is 4.07. The van der Waals surface area contributed by atoms with Crippen molar-refractivity contribution in [3.05, 3.63) is 104 Å². The van der Waals surface area contributed by atoms with Crippen LogP contribution < -0.4 is 0 Å². The number of hydrogen-bond donors (Lipinski definition) is 0. The summed E-state index contributed by atoms with van der Waals surface area (Å²) in [5, 5.41) is 7.08. The molecule has 136 valence electrons. The van der Waals surface area contributed by atoms with Gasteiger partial charge >= 0.3 is 0 Å². The van der Waals surface area contributed by atoms with Gasteiger partial charge in [0.15, 0.2) is 5.78 Å². The van der Waals surface area contributed by atoms with Crippen LogP contribution in [0.15, 0.2) is 82.1 Å². The van der Waals surface area contributed by atoms with E-state index in [0.717, 1.165) is 16.7 Å². The van der Waals surface area contributed by atoms with E-state index in [-0.39, 0.29) is 5.78 Å². The van der Waals surface area contributed by atoms with E-state index >= 15 is 0 Å². The van der Waals surface area contributed by atoms with Crippen LogP contribution in [-0.4, -0.2) is 5.78 Å². The molecule has 0 saturated heterocycles. The van der Waals surface area contributed by atoms with Gasteiger partial charge in [0.1, 0.15) is 0 Å². The quantitative estimate of drug-likeness (QED) is 0.187. The molecule has 7 nitrogen and oxygen atoms in total. The molecule has 0 atom stereocenters. The predicted molar refractivity (Wildman–Crippen MR) is 110 cm³/mol. The van der Waals surface area contributed by atoms with E-state index < -0.39 is 0 Å². The first-order valence-electron chi connectivity index (χ1n) is 8.52. The van der Waals surface area contributed by atoms with Crippen LogP contribution in [-0.2, 0) is 4.79 Å². The first-order chi connectivity index (χ1) is 13.6. The molecule has 0 aliphatic heterocycles. The van der Waals surface area contributed by atoms with Gasteiger partial charge in [-0.15, -0.1) is 0 Å². The summed E-state index contributed by atoms with van der Waals surface area (Å²) in [5.74, 6) is -0.00866. The predicted octanol–water partition coefficient (Wildman–Crippen LogP) is 6.96. The molecule has 7 heteroatoms. The fourth-order valence-corrected chi connectivity index (χ4v) is 2.98. The van der Waals surface area contributed by atoms with Crippen molar-refractivity contribution in [1.29, 1.82) is 0 Å². The Morgan fingerprint density at radius 3 is 1.54 bits per heavy atom. The highest BCUT2D eigenvalue weighted by Gasteiger charge is 2.22. The van der Waals surface area contributed by atoms with E-state index in [4.69, 9.17) is 11.1 Å². The molecule has 0 radical (unpaired) electrons. The molecular formula is C21H16N6O. The minimum atomic E-state index is -0.00866. The Bertz CT molecular complexity index is 995. The summed E-state index contributed by atoms with van der Waals surface area (Å²) in [5.41, 5.74) is 22.0. The summed E-state index contributed by atoms with van der Waals surface area (Å²) in [4.78, 5) is 18.4. The monoisotopic (exact) mass is 368 g/mol. The van der Waals surface area contributed by atoms with Gasteiger partial charge in [0.05, 0.1) is 0 Å². The zero-order chi connectivity index (χ0) is 19.9. The third-order valence-corrected chi connectivity index (χ3v) is 4.25. The molecule has 0 amide bonds. The maximum atomic E-state index is 12.9. The summed E-state index contributed by atoms with van der Waals surface area (Å²) in [6, 6.07) is 14.0. The third kappa shape index (κ3) is 4.56. The van der Waals surface area contributed by atoms with Gasteiger partial charge in [0.25, 0.3) is 0 Å². The molecule has 1 fully saturated rings. The highest BCUT2D eigenvalue weighted by atomic mass is 16.1. The van der Waals surface area contributed by atoms with Gasteiger partial charge in [-0.25, -0.2) is 0 Å². The molecule has 0 N–H and O–H groups in total. The number of allylic oxidation sites excluding steroid dienone is 3. The lowest BCUT2D eigenvalue weighted by Crippen LogP contribution is -2.13. The second-order valence-corrected chi connectivity index (χ2v) is 6.33. The largest absolute Gasteiger partial charge is 0.289 e. The van der Waals surface area contributed by atoms with Crippen LogP contribution in [0.5, 0.6) is 0 Å². The van der Waals surface area contributed by atoms with Gasteiger partial charge in [-0.1, -0.05) is 70.9 Å². The van der Waals surface area contributed by atoms with Crippen molar-refractivity contribution in [2.75, 3.05) is 0 Å². The van der Waals surface area contributed by atoms with Crippen LogP contribution in [0.1, 0.15) is 24.0 Å². The van der Waals surface area contributed by atoms with Crippen molar-refractivity contribution in [2.24, 2.45) is 10.2 Å². The Hall–Kier alpha value is -4.05. The van der Waals surface area contributed by atoms with Crippen LogP contribution in [0, 0.1) is 0 Å². The molecule has 28 heavy (non-hydrogen) atoms. The maximum absolute atomic E-state index is 12.9. The van der Waals surface area contributed by atoms with Crippen molar-refractivity contribution in [3.63, 3.8) is 0 Å². The van der Waals surface area contributed by atoms with Gasteiger partial charge < -0.3 is 0 Å². The van der Waals surface area contributed by atoms with Gasteiger partial charge in [-0.2, -0.15) is 0 Å². The number of ketones is 1. The topological polar surface area (TPSA) is 115 Å². The highest BCUT2D eigenvalue weighted by molar-refractivity contribution is 6.14. The molecule has 1 saturated carbocycles. The molecule has 1 aliphatic rings. The van der Waals surface area contributed by atoms with E-state index in [1.807, 2.05) is 12.2 Å². The van der Waals surface area contributed by atoms with Crippen LogP contribution >= 0.6 is 0 Å². The number of carbonyl (C=O) groups excluding carboxylic acids is 1. The lowest BCUT2D eigenvalue weighted by atomic mass is 9.84. The molecule has 1 aliphatic carbocycles. The van der Waals surface area contributed by atoms with Gasteiger partial charge in [0.2, 0.25) is 0 Å². The Morgan fingerprint density at radius 2 is 1.18 bits per heavy atom. The van der Waals surface area contributed by atoms with E-state index in [2.05, 4.69) is 26.6 Å². The molecule has 3 rings (SSSR count). The number of carbonyl (C=O) groups is 1. The van der Waals surface area contributed by atoms with Crippen LogP contribution in [0.3, 0.4) is 0 Å². The van der Waals surface area contributed by atoms with E-state index in [9.17, 15) is 4.79 Å². The second-order valence-electron chi connectivity index (χ2n) is 6.33. The number of rotatable bonds is 4. The summed E-state index contributed by atoms with van der Waals surface area (Å²) < 4.78 is 0. The number of azide groups is 2. The Morgan fingerprint density at radius 1 is 0.786 bits per heavy atom. The number of hydrogen-bond acceptors (Lipinski definition) is 3. The average Bonchev–Trinajstić information content (AvgIpc) is 2.69. The normalized spacial score (nSPS) is 16.6. The Labute approximate surface area is 161 Å². The Balaban J connectivity index is 1.88. The molecule has 0 unspecified atom stereocenters. The Kier molecular flexibility index (Phi) is 5.72.